The van der Waals surface area contributed by atoms with Gasteiger partial charge in [-0.2, -0.15) is 4.98 Å². The highest BCUT2D eigenvalue weighted by Crippen LogP contribution is 2.35. The quantitative estimate of drug-likeness (QED) is 0.820. The highest BCUT2D eigenvalue weighted by Gasteiger charge is 2.23. The van der Waals surface area contributed by atoms with Gasteiger partial charge in [-0.15, -0.1) is 11.3 Å². The molecule has 2 aromatic rings. The van der Waals surface area contributed by atoms with E-state index in [0.717, 1.165) is 10.7 Å². The second kappa shape index (κ2) is 4.11. The van der Waals surface area contributed by atoms with E-state index in [0.29, 0.717) is 17.0 Å². The van der Waals surface area contributed by atoms with E-state index in [-0.39, 0.29) is 0 Å². The maximum absolute atomic E-state index is 5.93. The van der Waals surface area contributed by atoms with Gasteiger partial charge in [0.15, 0.2) is 5.82 Å². The van der Waals surface area contributed by atoms with E-state index < -0.39 is 0 Å². The molecule has 0 aromatic carbocycles. The summed E-state index contributed by atoms with van der Waals surface area (Å²) in [6, 6.07) is 3.99. The number of halogens is 1. The Hall–Kier alpha value is -1.00. The number of aromatic nitrogens is 3. The fraction of sp³-hybridized carbons (Fsp3) is 0.364. The van der Waals surface area contributed by atoms with Crippen molar-refractivity contribution in [2.75, 3.05) is 0 Å². The smallest absolute Gasteiger partial charge is 0.212 e. The van der Waals surface area contributed by atoms with Gasteiger partial charge in [-0.1, -0.05) is 12.5 Å². The minimum atomic E-state index is 0.306. The zero-order valence-corrected chi connectivity index (χ0v) is 10.1. The first kappa shape index (κ1) is 10.2. The van der Waals surface area contributed by atoms with Crippen molar-refractivity contribution >= 4 is 22.9 Å². The molecular weight excluding hydrogens is 242 g/mol. The van der Waals surface area contributed by atoms with E-state index in [9.17, 15) is 0 Å². The molecule has 0 amide bonds. The Bertz CT molecular complexity index is 494. The van der Waals surface area contributed by atoms with Gasteiger partial charge in [0.1, 0.15) is 5.82 Å². The molecule has 1 aliphatic carbocycles. The molecule has 16 heavy (non-hydrogen) atoms. The molecule has 0 unspecified atom stereocenters. The van der Waals surface area contributed by atoms with Crippen LogP contribution in [0.25, 0.3) is 10.7 Å². The Morgan fingerprint density at radius 3 is 2.75 bits per heavy atom. The minimum Gasteiger partial charge on any atom is -0.212 e. The van der Waals surface area contributed by atoms with Gasteiger partial charge in [0.25, 0.3) is 0 Å². The largest absolute Gasteiger partial charge is 0.226 e. The third-order valence-electron chi connectivity index (χ3n) is 2.84. The molecular formula is C11H10ClN3S. The monoisotopic (exact) mass is 251 g/mol. The average molecular weight is 252 g/mol. The maximum Gasteiger partial charge on any atom is 0.226 e. The van der Waals surface area contributed by atoms with E-state index in [2.05, 4.69) is 15.0 Å². The van der Waals surface area contributed by atoms with Crippen molar-refractivity contribution < 1.29 is 0 Å². The molecule has 2 aromatic heterocycles. The molecule has 0 N–H and O–H groups in total. The first-order valence-corrected chi connectivity index (χ1v) is 6.54. The zero-order chi connectivity index (χ0) is 11.0. The number of hydrogen-bond donors (Lipinski definition) is 0. The lowest BCUT2D eigenvalue weighted by Crippen LogP contribution is -2.13. The van der Waals surface area contributed by atoms with Crippen LogP contribution < -0.4 is 0 Å². The number of hydrogen-bond acceptors (Lipinski definition) is 4. The van der Waals surface area contributed by atoms with E-state index in [4.69, 9.17) is 11.6 Å². The lowest BCUT2D eigenvalue weighted by molar-refractivity contribution is 0.400. The fourth-order valence-corrected chi connectivity index (χ4v) is 2.55. The van der Waals surface area contributed by atoms with Crippen LogP contribution in [0.15, 0.2) is 17.5 Å². The van der Waals surface area contributed by atoms with Gasteiger partial charge in [0.05, 0.1) is 4.88 Å². The molecule has 0 bridgehead atoms. The Balaban J connectivity index is 2.02. The molecule has 0 spiro atoms. The van der Waals surface area contributed by atoms with Crippen LogP contribution in [0.5, 0.6) is 0 Å². The summed E-state index contributed by atoms with van der Waals surface area (Å²) in [5.74, 6) is 2.05. The van der Waals surface area contributed by atoms with Crippen molar-refractivity contribution in [3.05, 3.63) is 28.6 Å². The topological polar surface area (TPSA) is 38.7 Å². The highest BCUT2D eigenvalue weighted by atomic mass is 35.5. The Morgan fingerprint density at radius 1 is 1.25 bits per heavy atom. The molecule has 0 atom stereocenters. The maximum atomic E-state index is 5.93. The molecule has 82 valence electrons. The number of thiophene rings is 1. The van der Waals surface area contributed by atoms with Crippen molar-refractivity contribution in [1.82, 2.24) is 15.0 Å². The molecule has 5 heteroatoms. The third-order valence-corrected chi connectivity index (χ3v) is 3.87. The van der Waals surface area contributed by atoms with E-state index in [1.54, 1.807) is 11.3 Å². The summed E-state index contributed by atoms with van der Waals surface area (Å²) in [6.45, 7) is 0. The third kappa shape index (κ3) is 1.83. The van der Waals surface area contributed by atoms with Gasteiger partial charge in [0.2, 0.25) is 5.28 Å². The molecule has 1 saturated carbocycles. The summed E-state index contributed by atoms with van der Waals surface area (Å²) in [5, 5.41) is 2.32. The van der Waals surface area contributed by atoms with Gasteiger partial charge >= 0.3 is 0 Å². The predicted molar refractivity (Wildman–Crippen MR) is 64.7 cm³/mol. The summed E-state index contributed by atoms with van der Waals surface area (Å²) in [5.41, 5.74) is 0. The summed E-state index contributed by atoms with van der Waals surface area (Å²) in [7, 11) is 0. The minimum absolute atomic E-state index is 0.306. The standard InChI is InChI=1S/C11H10ClN3S/c12-11-14-9(7-3-1-4-7)13-10(15-11)8-5-2-6-16-8/h2,5-7H,1,3-4H2. The number of nitrogens with zero attached hydrogens (tertiary/aromatic N) is 3. The van der Waals surface area contributed by atoms with Crippen molar-refractivity contribution in [3.8, 4) is 10.7 Å². The molecule has 0 aliphatic heterocycles. The van der Waals surface area contributed by atoms with Gasteiger partial charge < -0.3 is 0 Å². The SMILES string of the molecule is Clc1nc(-c2cccs2)nc(C2CCC2)n1. The normalized spacial score (nSPS) is 16.1. The molecule has 2 heterocycles. The van der Waals surface area contributed by atoms with Crippen LogP contribution in [-0.2, 0) is 0 Å². The Morgan fingerprint density at radius 2 is 2.12 bits per heavy atom. The van der Waals surface area contributed by atoms with Gasteiger partial charge in [-0.25, -0.2) is 9.97 Å². The predicted octanol–water partition coefficient (Wildman–Crippen LogP) is 3.52. The Labute approximate surface area is 103 Å². The van der Waals surface area contributed by atoms with E-state index >= 15 is 0 Å². The fourth-order valence-electron chi connectivity index (χ4n) is 1.73. The molecule has 1 fully saturated rings. The molecule has 0 saturated heterocycles. The molecule has 0 radical (unpaired) electrons. The van der Waals surface area contributed by atoms with Gasteiger partial charge in [-0.3, -0.25) is 0 Å². The molecule has 1 aliphatic rings. The molecule has 3 rings (SSSR count). The van der Waals surface area contributed by atoms with Crippen LogP contribution in [0.1, 0.15) is 31.0 Å². The first-order valence-electron chi connectivity index (χ1n) is 5.28. The lowest BCUT2D eigenvalue weighted by atomic mass is 9.85. The van der Waals surface area contributed by atoms with Crippen LogP contribution in [0.2, 0.25) is 5.28 Å². The zero-order valence-electron chi connectivity index (χ0n) is 8.56. The van der Waals surface area contributed by atoms with Crippen molar-refractivity contribution in [2.24, 2.45) is 0 Å². The summed E-state index contributed by atoms with van der Waals surface area (Å²) >= 11 is 7.55. The lowest BCUT2D eigenvalue weighted by Gasteiger charge is -2.23. The van der Waals surface area contributed by atoms with Crippen LogP contribution in [0, 0.1) is 0 Å². The summed E-state index contributed by atoms with van der Waals surface area (Å²) < 4.78 is 0. The second-order valence-corrected chi connectivity index (χ2v) is 5.18. The first-order chi connectivity index (χ1) is 7.83. The summed E-state index contributed by atoms with van der Waals surface area (Å²) in [4.78, 5) is 13.9. The van der Waals surface area contributed by atoms with Gasteiger partial charge in [0, 0.05) is 5.92 Å². The van der Waals surface area contributed by atoms with Gasteiger partial charge in [-0.05, 0) is 35.9 Å². The van der Waals surface area contributed by atoms with Crippen molar-refractivity contribution in [3.63, 3.8) is 0 Å². The average Bonchev–Trinajstić information content (AvgIpc) is 2.66. The molecule has 3 nitrogen and oxygen atoms in total. The van der Waals surface area contributed by atoms with Crippen LogP contribution in [-0.4, -0.2) is 15.0 Å². The summed E-state index contributed by atoms with van der Waals surface area (Å²) in [6.07, 6.45) is 3.61. The van der Waals surface area contributed by atoms with E-state index in [1.165, 1.54) is 19.3 Å². The second-order valence-electron chi connectivity index (χ2n) is 3.89. The van der Waals surface area contributed by atoms with Crippen molar-refractivity contribution in [2.45, 2.75) is 25.2 Å². The number of rotatable bonds is 2. The highest BCUT2D eigenvalue weighted by molar-refractivity contribution is 7.13. The van der Waals surface area contributed by atoms with Crippen LogP contribution in [0.3, 0.4) is 0 Å². The van der Waals surface area contributed by atoms with Crippen LogP contribution >= 0.6 is 22.9 Å². The van der Waals surface area contributed by atoms with E-state index in [1.807, 2.05) is 17.5 Å². The Kier molecular flexibility index (Phi) is 2.61. The van der Waals surface area contributed by atoms with Crippen LogP contribution in [0.4, 0.5) is 0 Å². The van der Waals surface area contributed by atoms with Crippen molar-refractivity contribution in [1.29, 1.82) is 0 Å².